The third-order valence-corrected chi connectivity index (χ3v) is 6.16. The van der Waals surface area contributed by atoms with Crippen molar-refractivity contribution in [2.24, 2.45) is 0 Å². The quantitative estimate of drug-likeness (QED) is 0.483. The molecule has 3 aromatic rings. The molecule has 0 unspecified atom stereocenters. The minimum atomic E-state index is -0.224. The zero-order valence-corrected chi connectivity index (χ0v) is 17.3. The number of aryl methyl sites for hydroxylation is 1. The molecule has 0 aliphatic heterocycles. The van der Waals surface area contributed by atoms with Crippen molar-refractivity contribution in [3.63, 3.8) is 0 Å². The molecule has 29 heavy (non-hydrogen) atoms. The fourth-order valence-corrected chi connectivity index (χ4v) is 4.18. The maximum atomic E-state index is 13.0. The van der Waals surface area contributed by atoms with Crippen LogP contribution in [-0.2, 0) is 13.0 Å². The highest BCUT2D eigenvalue weighted by Crippen LogP contribution is 2.31. The number of thiophene rings is 1. The monoisotopic (exact) mass is 409 g/mol. The van der Waals surface area contributed by atoms with Crippen LogP contribution >= 0.6 is 11.3 Å². The second kappa shape index (κ2) is 8.78. The Kier molecular flexibility index (Phi) is 5.95. The molecular weight excluding hydrogens is 385 g/mol. The van der Waals surface area contributed by atoms with Crippen LogP contribution in [0.25, 0.3) is 0 Å². The van der Waals surface area contributed by atoms with E-state index < -0.39 is 0 Å². The van der Waals surface area contributed by atoms with Crippen molar-refractivity contribution in [1.29, 1.82) is 0 Å². The summed E-state index contributed by atoms with van der Waals surface area (Å²) in [6.07, 6.45) is 2.90. The number of hydrogen-bond donors (Lipinski definition) is 0. The Balaban J connectivity index is 1.33. The third-order valence-electron chi connectivity index (χ3n) is 5.15. The molecule has 1 aliphatic carbocycles. The number of carbonyl (C=O) groups is 1. The lowest BCUT2D eigenvalue weighted by molar-refractivity contribution is 0.0734. The lowest BCUT2D eigenvalue weighted by Gasteiger charge is -2.22. The molecule has 5 heteroatoms. The number of ether oxygens (including phenoxy) is 1. The van der Waals surface area contributed by atoms with Crippen LogP contribution in [0.2, 0.25) is 0 Å². The molecule has 150 valence electrons. The maximum absolute atomic E-state index is 13.0. The summed E-state index contributed by atoms with van der Waals surface area (Å²) in [6.45, 7) is 3.15. The predicted molar refractivity (Wildman–Crippen MR) is 114 cm³/mol. The van der Waals surface area contributed by atoms with Gasteiger partial charge in [-0.3, -0.25) is 4.79 Å². The second-order valence-corrected chi connectivity index (χ2v) is 8.38. The average Bonchev–Trinajstić information content (AvgIpc) is 3.48. The summed E-state index contributed by atoms with van der Waals surface area (Å²) < 4.78 is 18.8. The third kappa shape index (κ3) is 5.04. The van der Waals surface area contributed by atoms with Crippen molar-refractivity contribution >= 4 is 17.2 Å². The molecule has 0 spiro atoms. The maximum Gasteiger partial charge on any atom is 0.264 e. The van der Waals surface area contributed by atoms with Gasteiger partial charge in [-0.05, 0) is 72.2 Å². The number of carbonyl (C=O) groups excluding carboxylic acids is 1. The van der Waals surface area contributed by atoms with Crippen LogP contribution in [0.4, 0.5) is 4.39 Å². The van der Waals surface area contributed by atoms with Gasteiger partial charge in [-0.15, -0.1) is 11.3 Å². The van der Waals surface area contributed by atoms with E-state index in [0.717, 1.165) is 46.6 Å². The number of rotatable bonds is 8. The largest absolute Gasteiger partial charge is 0.493 e. The molecule has 0 bridgehead atoms. The van der Waals surface area contributed by atoms with E-state index in [1.54, 1.807) is 12.1 Å². The molecule has 2 aromatic carbocycles. The molecule has 1 heterocycles. The van der Waals surface area contributed by atoms with E-state index >= 15 is 0 Å². The highest BCUT2D eigenvalue weighted by atomic mass is 32.1. The van der Waals surface area contributed by atoms with Gasteiger partial charge in [0.15, 0.2) is 0 Å². The van der Waals surface area contributed by atoms with E-state index in [2.05, 4.69) is 0 Å². The van der Waals surface area contributed by atoms with Crippen molar-refractivity contribution in [1.82, 2.24) is 4.90 Å². The zero-order chi connectivity index (χ0) is 20.2. The number of halogens is 1. The van der Waals surface area contributed by atoms with Crippen LogP contribution in [0, 0.1) is 12.7 Å². The van der Waals surface area contributed by atoms with E-state index in [9.17, 15) is 9.18 Å². The summed E-state index contributed by atoms with van der Waals surface area (Å²) in [4.78, 5) is 15.8. The number of nitrogens with zero attached hydrogens (tertiary/aromatic N) is 1. The molecule has 1 amide bonds. The van der Waals surface area contributed by atoms with Gasteiger partial charge >= 0.3 is 0 Å². The normalized spacial score (nSPS) is 13.3. The number of benzene rings is 2. The lowest BCUT2D eigenvalue weighted by Crippen LogP contribution is -2.32. The van der Waals surface area contributed by atoms with Gasteiger partial charge in [-0.1, -0.05) is 24.3 Å². The topological polar surface area (TPSA) is 29.5 Å². The minimum absolute atomic E-state index is 0.139. The first-order valence-corrected chi connectivity index (χ1v) is 10.8. The molecule has 1 aliphatic rings. The van der Waals surface area contributed by atoms with E-state index in [0.29, 0.717) is 19.2 Å². The van der Waals surface area contributed by atoms with Gasteiger partial charge in [-0.2, -0.15) is 0 Å². The summed E-state index contributed by atoms with van der Waals surface area (Å²) >= 11 is 1.52. The van der Waals surface area contributed by atoms with Gasteiger partial charge in [-0.25, -0.2) is 4.39 Å². The van der Waals surface area contributed by atoms with Crippen LogP contribution in [0.5, 0.6) is 5.75 Å². The highest BCUT2D eigenvalue weighted by Gasteiger charge is 2.33. The van der Waals surface area contributed by atoms with Crippen molar-refractivity contribution in [2.75, 3.05) is 6.61 Å². The first kappa shape index (κ1) is 19.6. The van der Waals surface area contributed by atoms with Gasteiger partial charge in [0.2, 0.25) is 0 Å². The molecule has 3 nitrogen and oxygen atoms in total. The van der Waals surface area contributed by atoms with Gasteiger partial charge in [0.05, 0.1) is 11.5 Å². The van der Waals surface area contributed by atoms with E-state index in [4.69, 9.17) is 4.74 Å². The number of amides is 1. The first-order chi connectivity index (χ1) is 14.1. The molecule has 4 rings (SSSR count). The zero-order valence-electron chi connectivity index (χ0n) is 16.4. The summed E-state index contributed by atoms with van der Waals surface area (Å²) in [5, 5.41) is 1.98. The Morgan fingerprint density at radius 3 is 2.38 bits per heavy atom. The van der Waals surface area contributed by atoms with Gasteiger partial charge in [0.1, 0.15) is 11.6 Å². The van der Waals surface area contributed by atoms with E-state index in [-0.39, 0.29) is 11.7 Å². The minimum Gasteiger partial charge on any atom is -0.493 e. The van der Waals surface area contributed by atoms with Crippen LogP contribution in [0.1, 0.15) is 39.2 Å². The molecule has 1 aromatic heterocycles. The molecule has 0 atom stereocenters. The molecule has 1 fully saturated rings. The average molecular weight is 410 g/mol. The summed E-state index contributed by atoms with van der Waals surface area (Å²) in [5.41, 5.74) is 3.20. The van der Waals surface area contributed by atoms with Crippen molar-refractivity contribution in [2.45, 2.75) is 38.8 Å². The molecular formula is C24H24FNO2S. The second-order valence-electron chi connectivity index (χ2n) is 7.47. The Bertz CT molecular complexity index is 961. The Morgan fingerprint density at radius 2 is 1.76 bits per heavy atom. The van der Waals surface area contributed by atoms with Gasteiger partial charge < -0.3 is 9.64 Å². The SMILES string of the molecule is Cc1ccsc1C(=O)N(Cc1ccc(OCCc2ccc(F)cc2)cc1)C1CC1. The van der Waals surface area contributed by atoms with Crippen LogP contribution in [0.15, 0.2) is 60.0 Å². The smallest absolute Gasteiger partial charge is 0.264 e. The molecule has 0 N–H and O–H groups in total. The highest BCUT2D eigenvalue weighted by molar-refractivity contribution is 7.12. The predicted octanol–water partition coefficient (Wildman–Crippen LogP) is 5.62. The van der Waals surface area contributed by atoms with Crippen LogP contribution < -0.4 is 4.74 Å². The Labute approximate surface area is 174 Å². The standard InChI is InChI=1S/C24H24FNO2S/c1-17-13-15-29-23(17)24(27)26(21-8-9-21)16-19-4-10-22(11-5-19)28-14-12-18-2-6-20(25)7-3-18/h2-7,10-11,13,15,21H,8-9,12,14,16H2,1H3. The van der Waals surface area contributed by atoms with Crippen molar-refractivity contribution < 1.29 is 13.9 Å². The van der Waals surface area contributed by atoms with Gasteiger partial charge in [0, 0.05) is 19.0 Å². The lowest BCUT2D eigenvalue weighted by atomic mass is 10.1. The molecule has 0 radical (unpaired) electrons. The van der Waals surface area contributed by atoms with Crippen LogP contribution in [-0.4, -0.2) is 23.5 Å². The molecule has 1 saturated carbocycles. The van der Waals surface area contributed by atoms with Gasteiger partial charge in [0.25, 0.3) is 5.91 Å². The fraction of sp³-hybridized carbons (Fsp3) is 0.292. The Morgan fingerprint density at radius 1 is 1.07 bits per heavy atom. The Hall–Kier alpha value is -2.66. The summed E-state index contributed by atoms with van der Waals surface area (Å²) in [5.74, 6) is 0.715. The van der Waals surface area contributed by atoms with E-state index in [1.165, 1.54) is 23.5 Å². The fourth-order valence-electron chi connectivity index (χ4n) is 3.30. The molecule has 0 saturated heterocycles. The summed E-state index contributed by atoms with van der Waals surface area (Å²) in [7, 11) is 0. The van der Waals surface area contributed by atoms with E-state index in [1.807, 2.05) is 47.5 Å². The van der Waals surface area contributed by atoms with Crippen molar-refractivity contribution in [3.05, 3.63) is 87.4 Å². The summed E-state index contributed by atoms with van der Waals surface area (Å²) in [6, 6.07) is 16.8. The van der Waals surface area contributed by atoms with Crippen LogP contribution in [0.3, 0.4) is 0 Å². The number of hydrogen-bond acceptors (Lipinski definition) is 3. The van der Waals surface area contributed by atoms with Crippen molar-refractivity contribution in [3.8, 4) is 5.75 Å². The first-order valence-electron chi connectivity index (χ1n) is 9.91.